The molecule has 0 amide bonds. The zero-order valence-corrected chi connectivity index (χ0v) is 13.1. The first-order chi connectivity index (χ1) is 11.1. The van der Waals surface area contributed by atoms with Crippen LogP contribution in [0, 0.1) is 11.6 Å². The molecule has 3 nitrogen and oxygen atoms in total. The lowest BCUT2D eigenvalue weighted by Crippen LogP contribution is -1.96. The van der Waals surface area contributed by atoms with E-state index in [1.807, 2.05) is 24.3 Å². The first-order valence-corrected chi connectivity index (χ1v) is 7.32. The van der Waals surface area contributed by atoms with Gasteiger partial charge in [0, 0.05) is 12.1 Å². The molecule has 5 heteroatoms. The van der Waals surface area contributed by atoms with Gasteiger partial charge in [-0.3, -0.25) is 0 Å². The molecule has 120 valence electrons. The average Bonchev–Trinajstić information content (AvgIpc) is 2.55. The third-order valence-electron chi connectivity index (χ3n) is 3.27. The van der Waals surface area contributed by atoms with Crippen LogP contribution in [0.2, 0.25) is 0 Å². The van der Waals surface area contributed by atoms with E-state index in [1.165, 1.54) is 18.9 Å². The predicted octanol–water partition coefficient (Wildman–Crippen LogP) is 4.38. The van der Waals surface area contributed by atoms with E-state index in [0.29, 0.717) is 0 Å². The molecule has 2 aromatic rings. The molecular weight excluding hydrogens is 298 g/mol. The molecule has 0 aliphatic carbocycles. The Morgan fingerprint density at radius 1 is 1.00 bits per heavy atom. The number of hydrogen-bond donors (Lipinski definition) is 0. The molecule has 0 aliphatic heterocycles. The van der Waals surface area contributed by atoms with Crippen LogP contribution in [0.1, 0.15) is 30.0 Å². The normalized spacial score (nSPS) is 11.5. The second-order valence-corrected chi connectivity index (χ2v) is 4.99. The van der Waals surface area contributed by atoms with E-state index in [0.717, 1.165) is 36.8 Å². The zero-order valence-electron chi connectivity index (χ0n) is 13.1. The number of halogens is 2. The van der Waals surface area contributed by atoms with Gasteiger partial charge in [0.1, 0.15) is 17.4 Å². The van der Waals surface area contributed by atoms with Crippen LogP contribution in [0.5, 0.6) is 5.75 Å². The van der Waals surface area contributed by atoms with Gasteiger partial charge in [-0.1, -0.05) is 37.6 Å². The third kappa shape index (κ3) is 4.71. The fourth-order valence-electron chi connectivity index (χ4n) is 2.05. The summed E-state index contributed by atoms with van der Waals surface area (Å²) in [6, 6.07) is 10.1. The van der Waals surface area contributed by atoms with Crippen molar-refractivity contribution in [3.63, 3.8) is 0 Å². The van der Waals surface area contributed by atoms with Gasteiger partial charge >= 0.3 is 0 Å². The highest BCUT2D eigenvalue weighted by Crippen LogP contribution is 2.19. The van der Waals surface area contributed by atoms with E-state index in [4.69, 9.17) is 4.74 Å². The van der Waals surface area contributed by atoms with E-state index < -0.39 is 11.6 Å². The lowest BCUT2D eigenvalue weighted by molar-refractivity contribution is 0.406. The van der Waals surface area contributed by atoms with Crippen molar-refractivity contribution in [1.82, 2.24) is 0 Å². The summed E-state index contributed by atoms with van der Waals surface area (Å²) in [4.78, 5) is 0. The Morgan fingerprint density at radius 2 is 1.61 bits per heavy atom. The van der Waals surface area contributed by atoms with E-state index in [-0.39, 0.29) is 11.3 Å². The molecule has 0 unspecified atom stereocenters. The number of aryl methyl sites for hydroxylation is 1. The van der Waals surface area contributed by atoms with Gasteiger partial charge in [0.25, 0.3) is 0 Å². The predicted molar refractivity (Wildman–Crippen MR) is 88.5 cm³/mol. The summed E-state index contributed by atoms with van der Waals surface area (Å²) in [5.74, 6) is -1.37. The fraction of sp³-hybridized carbons (Fsp3) is 0.222. The monoisotopic (exact) mass is 316 g/mol. The first-order valence-electron chi connectivity index (χ1n) is 7.32. The highest BCUT2D eigenvalue weighted by Gasteiger charge is 2.09. The number of nitrogens with zero attached hydrogens (tertiary/aromatic N) is 2. The second-order valence-electron chi connectivity index (χ2n) is 4.99. The Morgan fingerprint density at radius 3 is 2.17 bits per heavy atom. The minimum absolute atomic E-state index is 0.118. The highest BCUT2D eigenvalue weighted by molar-refractivity contribution is 5.83. The van der Waals surface area contributed by atoms with E-state index >= 15 is 0 Å². The number of ether oxygens (including phenoxy) is 1. The van der Waals surface area contributed by atoms with Gasteiger partial charge in [0.15, 0.2) is 0 Å². The van der Waals surface area contributed by atoms with Crippen molar-refractivity contribution in [2.45, 2.75) is 19.8 Å². The smallest absolute Gasteiger partial charge is 0.138 e. The van der Waals surface area contributed by atoms with Crippen molar-refractivity contribution in [2.75, 3.05) is 7.11 Å². The van der Waals surface area contributed by atoms with Crippen LogP contribution >= 0.6 is 0 Å². The number of methoxy groups -OCH3 is 1. The minimum atomic E-state index is -0.746. The molecule has 0 aromatic heterocycles. The van der Waals surface area contributed by atoms with Crippen molar-refractivity contribution >= 4 is 12.4 Å². The molecule has 0 fully saturated rings. The van der Waals surface area contributed by atoms with E-state index in [2.05, 4.69) is 17.1 Å². The summed E-state index contributed by atoms with van der Waals surface area (Å²) >= 11 is 0. The summed E-state index contributed by atoms with van der Waals surface area (Å²) in [6.07, 6.45) is 4.71. The minimum Gasteiger partial charge on any atom is -0.497 e. The first kappa shape index (κ1) is 16.8. The van der Waals surface area contributed by atoms with Crippen LogP contribution in [0.25, 0.3) is 0 Å². The maximum atomic E-state index is 13.7. The molecule has 0 N–H and O–H groups in total. The molecule has 0 heterocycles. The number of hydrogen-bond acceptors (Lipinski definition) is 3. The van der Waals surface area contributed by atoms with Crippen molar-refractivity contribution in [3.8, 4) is 5.75 Å². The highest BCUT2D eigenvalue weighted by atomic mass is 19.1. The second kappa shape index (κ2) is 8.17. The molecule has 0 aliphatic rings. The number of benzene rings is 2. The summed E-state index contributed by atoms with van der Waals surface area (Å²) in [5, 5.41) is 7.51. The SMILES string of the molecule is CCCc1ccc(/C=N/N=C/c2c(F)cc(OC)cc2F)cc1. The van der Waals surface area contributed by atoms with Crippen molar-refractivity contribution < 1.29 is 13.5 Å². The van der Waals surface area contributed by atoms with Gasteiger partial charge in [-0.25, -0.2) is 8.78 Å². The van der Waals surface area contributed by atoms with Crippen LogP contribution in [0.15, 0.2) is 46.6 Å². The Labute approximate surface area is 134 Å². The van der Waals surface area contributed by atoms with Crippen LogP contribution in [0.4, 0.5) is 8.78 Å². The molecule has 0 bridgehead atoms. The van der Waals surface area contributed by atoms with Gasteiger partial charge in [0.05, 0.1) is 25.1 Å². The third-order valence-corrected chi connectivity index (χ3v) is 3.27. The Bertz CT molecular complexity index is 686. The topological polar surface area (TPSA) is 34.0 Å². The van der Waals surface area contributed by atoms with Gasteiger partial charge in [-0.15, -0.1) is 0 Å². The zero-order chi connectivity index (χ0) is 16.7. The largest absolute Gasteiger partial charge is 0.497 e. The van der Waals surface area contributed by atoms with Crippen LogP contribution in [-0.4, -0.2) is 19.5 Å². The molecule has 0 atom stereocenters. The molecular formula is C18H18F2N2O. The van der Waals surface area contributed by atoms with Crippen LogP contribution in [0.3, 0.4) is 0 Å². The average molecular weight is 316 g/mol. The lowest BCUT2D eigenvalue weighted by Gasteiger charge is -2.02. The molecule has 0 saturated carbocycles. The Kier molecular flexibility index (Phi) is 5.97. The van der Waals surface area contributed by atoms with Gasteiger partial charge in [-0.2, -0.15) is 10.2 Å². The molecule has 23 heavy (non-hydrogen) atoms. The summed E-state index contributed by atoms with van der Waals surface area (Å²) in [5.41, 5.74) is 1.88. The molecule has 2 aromatic carbocycles. The Hall–Kier alpha value is -2.56. The summed E-state index contributed by atoms with van der Waals surface area (Å²) in [6.45, 7) is 2.13. The van der Waals surface area contributed by atoms with Crippen molar-refractivity contribution in [2.24, 2.45) is 10.2 Å². The molecule has 0 saturated heterocycles. The quantitative estimate of drug-likeness (QED) is 0.575. The Balaban J connectivity index is 2.06. The fourth-order valence-corrected chi connectivity index (χ4v) is 2.05. The van der Waals surface area contributed by atoms with Crippen LogP contribution in [-0.2, 0) is 6.42 Å². The number of rotatable bonds is 6. The van der Waals surface area contributed by atoms with Gasteiger partial charge in [-0.05, 0) is 17.5 Å². The van der Waals surface area contributed by atoms with Gasteiger partial charge < -0.3 is 4.74 Å². The molecule has 0 radical (unpaired) electrons. The van der Waals surface area contributed by atoms with Crippen LogP contribution < -0.4 is 4.74 Å². The van der Waals surface area contributed by atoms with E-state index in [1.54, 1.807) is 0 Å². The summed E-state index contributed by atoms with van der Waals surface area (Å²) < 4.78 is 32.2. The maximum absolute atomic E-state index is 13.7. The van der Waals surface area contributed by atoms with Crippen molar-refractivity contribution in [1.29, 1.82) is 0 Å². The lowest BCUT2D eigenvalue weighted by atomic mass is 10.1. The maximum Gasteiger partial charge on any atom is 0.138 e. The summed E-state index contributed by atoms with van der Waals surface area (Å²) in [7, 11) is 1.35. The van der Waals surface area contributed by atoms with Gasteiger partial charge in [0.2, 0.25) is 0 Å². The standard InChI is InChI=1S/C18H18F2N2O/c1-3-4-13-5-7-14(8-6-13)11-21-22-12-16-17(19)9-15(23-2)10-18(16)20/h5-12H,3-4H2,1-2H3/b21-11+,22-12+. The molecule has 0 spiro atoms. The van der Waals surface area contributed by atoms with E-state index in [9.17, 15) is 8.78 Å². The molecule has 2 rings (SSSR count). The van der Waals surface area contributed by atoms with Crippen molar-refractivity contribution in [3.05, 3.63) is 64.7 Å².